The van der Waals surface area contributed by atoms with Crippen molar-refractivity contribution in [2.75, 3.05) is 6.61 Å². The quantitative estimate of drug-likeness (QED) is 0.852. The van der Waals surface area contributed by atoms with Crippen LogP contribution in [0.25, 0.3) is 0 Å². The van der Waals surface area contributed by atoms with Crippen molar-refractivity contribution in [1.29, 1.82) is 5.26 Å². The summed E-state index contributed by atoms with van der Waals surface area (Å²) in [5.41, 5.74) is 6.22. The van der Waals surface area contributed by atoms with E-state index in [9.17, 15) is 9.18 Å². The zero-order valence-electron chi connectivity index (χ0n) is 9.85. The maximum atomic E-state index is 13.1. The highest BCUT2D eigenvalue weighted by Gasteiger charge is 2.14. The van der Waals surface area contributed by atoms with E-state index in [0.717, 1.165) is 0 Å². The number of esters is 1. The largest absolute Gasteiger partial charge is 0.466 e. The third-order valence-corrected chi connectivity index (χ3v) is 2.23. The molecule has 18 heavy (non-hydrogen) atoms. The molecule has 0 unspecified atom stereocenters. The van der Waals surface area contributed by atoms with Gasteiger partial charge in [0.2, 0.25) is 0 Å². The average Bonchev–Trinajstić information content (AvgIpc) is 2.29. The lowest BCUT2D eigenvalue weighted by Gasteiger charge is -2.11. The van der Waals surface area contributed by atoms with Crippen LogP contribution in [0.3, 0.4) is 0 Å². The molecule has 98 valence electrons. The normalized spacial score (nSPS) is 11.0. The summed E-state index contributed by atoms with van der Waals surface area (Å²) in [5.74, 6) is -1.01. The number of hydrogen-bond acceptors (Lipinski definition) is 4. The fourth-order valence-corrected chi connectivity index (χ4v) is 1.38. The summed E-state index contributed by atoms with van der Waals surface area (Å²) in [6.45, 7) is 1.99. The summed E-state index contributed by atoms with van der Waals surface area (Å²) in [7, 11) is 0. The van der Waals surface area contributed by atoms with Crippen LogP contribution in [0.5, 0.6) is 0 Å². The number of carbonyl (C=O) groups is 1. The molecule has 0 aromatic heterocycles. The van der Waals surface area contributed by atoms with E-state index in [1.165, 1.54) is 18.2 Å². The molecule has 1 rings (SSSR count). The fraction of sp³-hybridized carbons (Fsp3) is 0.333. The molecule has 0 saturated carbocycles. The zero-order chi connectivity index (χ0) is 12.8. The van der Waals surface area contributed by atoms with Gasteiger partial charge in [-0.1, -0.05) is 6.07 Å². The van der Waals surface area contributed by atoms with Gasteiger partial charge < -0.3 is 10.5 Å². The molecule has 2 N–H and O–H groups in total. The topological polar surface area (TPSA) is 76.1 Å². The summed E-state index contributed by atoms with van der Waals surface area (Å²) < 4.78 is 17.8. The van der Waals surface area contributed by atoms with Crippen molar-refractivity contribution in [3.63, 3.8) is 0 Å². The van der Waals surface area contributed by atoms with Crippen molar-refractivity contribution in [2.45, 2.75) is 19.4 Å². The van der Waals surface area contributed by atoms with E-state index < -0.39 is 17.8 Å². The lowest BCUT2D eigenvalue weighted by Crippen LogP contribution is -2.17. The first kappa shape index (κ1) is 16.4. The fourth-order valence-electron chi connectivity index (χ4n) is 1.38. The van der Waals surface area contributed by atoms with E-state index in [-0.39, 0.29) is 24.4 Å². The van der Waals surface area contributed by atoms with E-state index in [1.807, 2.05) is 0 Å². The lowest BCUT2D eigenvalue weighted by atomic mass is 10.0. The van der Waals surface area contributed by atoms with Gasteiger partial charge in [-0.2, -0.15) is 5.26 Å². The number of benzene rings is 1. The van der Waals surface area contributed by atoms with Crippen LogP contribution in [0, 0.1) is 17.1 Å². The number of halogens is 2. The van der Waals surface area contributed by atoms with Gasteiger partial charge in [0.05, 0.1) is 18.6 Å². The van der Waals surface area contributed by atoms with Crippen LogP contribution >= 0.6 is 12.4 Å². The van der Waals surface area contributed by atoms with Crippen molar-refractivity contribution in [2.24, 2.45) is 5.73 Å². The highest BCUT2D eigenvalue weighted by atomic mass is 35.5. The van der Waals surface area contributed by atoms with Crippen molar-refractivity contribution >= 4 is 18.4 Å². The van der Waals surface area contributed by atoms with Gasteiger partial charge in [-0.15, -0.1) is 12.4 Å². The molecule has 6 heteroatoms. The molecule has 0 aliphatic carbocycles. The smallest absolute Gasteiger partial charge is 0.307 e. The van der Waals surface area contributed by atoms with Crippen molar-refractivity contribution in [3.05, 3.63) is 35.1 Å². The second-order valence-corrected chi connectivity index (χ2v) is 3.47. The van der Waals surface area contributed by atoms with Crippen LogP contribution < -0.4 is 5.73 Å². The Hall–Kier alpha value is -1.64. The Bertz CT molecular complexity index is 460. The Balaban J connectivity index is 0.00000289. The van der Waals surface area contributed by atoms with Gasteiger partial charge in [-0.25, -0.2) is 4.39 Å². The molecule has 0 fully saturated rings. The Morgan fingerprint density at radius 2 is 2.28 bits per heavy atom. The summed E-state index contributed by atoms with van der Waals surface area (Å²) in [4.78, 5) is 11.2. The summed E-state index contributed by atoms with van der Waals surface area (Å²) in [6.07, 6.45) is 0.00431. The number of rotatable bonds is 4. The van der Waals surface area contributed by atoms with Gasteiger partial charge in [-0.05, 0) is 24.6 Å². The second kappa shape index (κ2) is 7.64. The van der Waals surface area contributed by atoms with Gasteiger partial charge in [-0.3, -0.25) is 4.79 Å². The Kier molecular flexibility index (Phi) is 6.94. The molecule has 0 aliphatic rings. The lowest BCUT2D eigenvalue weighted by molar-refractivity contribution is -0.143. The van der Waals surface area contributed by atoms with Crippen LogP contribution in [0.1, 0.15) is 30.5 Å². The molecule has 0 spiro atoms. The number of nitriles is 1. The highest BCUT2D eigenvalue weighted by Crippen LogP contribution is 2.18. The van der Waals surface area contributed by atoms with Crippen molar-refractivity contribution in [1.82, 2.24) is 0 Å². The maximum Gasteiger partial charge on any atom is 0.307 e. The Labute approximate surface area is 111 Å². The summed E-state index contributed by atoms with van der Waals surface area (Å²) in [5, 5.41) is 8.67. The van der Waals surface area contributed by atoms with E-state index in [4.69, 9.17) is 15.7 Å². The van der Waals surface area contributed by atoms with Crippen LogP contribution in [-0.4, -0.2) is 12.6 Å². The predicted molar refractivity (Wildman–Crippen MR) is 66.5 cm³/mol. The first-order valence-corrected chi connectivity index (χ1v) is 5.19. The van der Waals surface area contributed by atoms with Gasteiger partial charge in [0, 0.05) is 6.04 Å². The molecule has 1 aromatic rings. The van der Waals surface area contributed by atoms with E-state index in [1.54, 1.807) is 13.0 Å². The Morgan fingerprint density at radius 3 is 2.83 bits per heavy atom. The van der Waals surface area contributed by atoms with E-state index >= 15 is 0 Å². The number of nitrogens with two attached hydrogens (primary N) is 1. The molecule has 0 radical (unpaired) electrons. The van der Waals surface area contributed by atoms with Gasteiger partial charge in [0.1, 0.15) is 11.9 Å². The minimum absolute atomic E-state index is 0. The molecule has 1 atom stereocenters. The number of ether oxygens (including phenoxy) is 1. The van der Waals surface area contributed by atoms with Crippen molar-refractivity contribution < 1.29 is 13.9 Å². The molecule has 0 saturated heterocycles. The predicted octanol–water partition coefficient (Wildman–Crippen LogP) is 2.07. The zero-order valence-corrected chi connectivity index (χ0v) is 10.7. The number of hydrogen-bond donors (Lipinski definition) is 1. The average molecular weight is 273 g/mol. The van der Waals surface area contributed by atoms with Gasteiger partial charge in [0.25, 0.3) is 0 Å². The van der Waals surface area contributed by atoms with Crippen LogP contribution in [-0.2, 0) is 9.53 Å². The van der Waals surface area contributed by atoms with Crippen LogP contribution in [0.15, 0.2) is 18.2 Å². The standard InChI is InChI=1S/C12H13FN2O2.ClH/c1-2-17-12(16)6-11(15)8-3-4-10(13)9(5-8)7-14;/h3-5,11H,2,6,15H2,1H3;1H/t11-;/m0./s1. The monoisotopic (exact) mass is 272 g/mol. The minimum Gasteiger partial charge on any atom is -0.466 e. The van der Waals surface area contributed by atoms with Crippen molar-refractivity contribution in [3.8, 4) is 6.07 Å². The molecule has 0 aliphatic heterocycles. The molecule has 0 bridgehead atoms. The molecule has 4 nitrogen and oxygen atoms in total. The highest BCUT2D eigenvalue weighted by molar-refractivity contribution is 5.85. The van der Waals surface area contributed by atoms with E-state index in [2.05, 4.69) is 0 Å². The van der Waals surface area contributed by atoms with Gasteiger partial charge >= 0.3 is 5.97 Å². The molecular formula is C12H14ClFN2O2. The van der Waals surface area contributed by atoms with Gasteiger partial charge in [0.15, 0.2) is 0 Å². The molecule has 0 amide bonds. The molecule has 0 heterocycles. The molecular weight excluding hydrogens is 259 g/mol. The van der Waals surface area contributed by atoms with Crippen LogP contribution in [0.4, 0.5) is 4.39 Å². The number of carbonyl (C=O) groups excluding carboxylic acids is 1. The first-order valence-electron chi connectivity index (χ1n) is 5.19. The summed E-state index contributed by atoms with van der Waals surface area (Å²) in [6, 6.07) is 5.10. The third-order valence-electron chi connectivity index (χ3n) is 2.23. The van der Waals surface area contributed by atoms with Crippen LogP contribution in [0.2, 0.25) is 0 Å². The van der Waals surface area contributed by atoms with E-state index in [0.29, 0.717) is 12.2 Å². The minimum atomic E-state index is -0.598. The molecule has 1 aromatic carbocycles. The summed E-state index contributed by atoms with van der Waals surface area (Å²) >= 11 is 0. The maximum absolute atomic E-state index is 13.1. The third kappa shape index (κ3) is 4.32. The Morgan fingerprint density at radius 1 is 1.61 bits per heavy atom. The number of nitrogens with zero attached hydrogens (tertiary/aromatic N) is 1. The SMILES string of the molecule is CCOC(=O)C[C@H](N)c1ccc(F)c(C#N)c1.Cl. The first-order chi connectivity index (χ1) is 8.08. The second-order valence-electron chi connectivity index (χ2n) is 3.47.